The molecule has 3 N–H and O–H groups in total. The van der Waals surface area contributed by atoms with Gasteiger partial charge < -0.3 is 16.0 Å². The van der Waals surface area contributed by atoms with Crippen LogP contribution in [-0.4, -0.2) is 32.7 Å². The molecule has 1 aliphatic rings. The van der Waals surface area contributed by atoms with Crippen LogP contribution in [0.3, 0.4) is 0 Å². The predicted octanol–water partition coefficient (Wildman–Crippen LogP) is 0.695. The highest BCUT2D eigenvalue weighted by atomic mass is 16.2. The van der Waals surface area contributed by atoms with Crippen LogP contribution in [0.5, 0.6) is 0 Å². The second-order valence-corrected chi connectivity index (χ2v) is 3.84. The van der Waals surface area contributed by atoms with Crippen molar-refractivity contribution in [3.63, 3.8) is 0 Å². The maximum absolute atomic E-state index is 10.9. The van der Waals surface area contributed by atoms with Gasteiger partial charge in [-0.3, -0.25) is 0 Å². The van der Waals surface area contributed by atoms with E-state index in [1.54, 1.807) is 7.05 Å². The molecule has 0 spiro atoms. The first-order chi connectivity index (χ1) is 6.83. The van der Waals surface area contributed by atoms with Crippen LogP contribution in [0, 0.1) is 5.92 Å². The Morgan fingerprint density at radius 3 is 3.07 bits per heavy atom. The third-order valence-electron chi connectivity index (χ3n) is 2.76. The minimum Gasteiger partial charge on any atom is -0.341 e. The number of carbonyl (C=O) groups is 1. The first kappa shape index (κ1) is 11.3. The summed E-state index contributed by atoms with van der Waals surface area (Å²) in [6.45, 7) is 3.08. The second-order valence-electron chi connectivity index (χ2n) is 3.84. The lowest BCUT2D eigenvalue weighted by atomic mass is 9.97. The van der Waals surface area contributed by atoms with Crippen molar-refractivity contribution in [3.8, 4) is 0 Å². The summed E-state index contributed by atoms with van der Waals surface area (Å²) in [5.74, 6) is 0.780. The van der Waals surface area contributed by atoms with E-state index in [-0.39, 0.29) is 6.03 Å². The molecule has 0 aromatic carbocycles. The molecule has 1 unspecified atom stereocenters. The van der Waals surface area contributed by atoms with Gasteiger partial charge in [-0.2, -0.15) is 0 Å². The molecule has 1 atom stereocenters. The molecule has 4 heteroatoms. The standard InChI is InChI=1S/C10H21N3O/c1-11-10(14)13-8-5-9-3-2-6-12-7-4-9/h9,12H,2-8H2,1H3,(H2,11,13,14). The van der Waals surface area contributed by atoms with Crippen molar-refractivity contribution in [3.05, 3.63) is 0 Å². The molecule has 0 aliphatic carbocycles. The lowest BCUT2D eigenvalue weighted by molar-refractivity contribution is 0.242. The van der Waals surface area contributed by atoms with Gasteiger partial charge in [0.05, 0.1) is 0 Å². The average molecular weight is 199 g/mol. The molecule has 14 heavy (non-hydrogen) atoms. The summed E-state index contributed by atoms with van der Waals surface area (Å²) in [6, 6.07) is -0.0725. The highest BCUT2D eigenvalue weighted by Crippen LogP contribution is 2.16. The van der Waals surface area contributed by atoms with E-state index in [2.05, 4.69) is 16.0 Å². The van der Waals surface area contributed by atoms with Crippen LogP contribution < -0.4 is 16.0 Å². The fourth-order valence-electron chi connectivity index (χ4n) is 1.86. The first-order valence-electron chi connectivity index (χ1n) is 5.49. The van der Waals surface area contributed by atoms with E-state index in [0.29, 0.717) is 0 Å². The minimum atomic E-state index is -0.0725. The Bertz CT molecular complexity index is 165. The summed E-state index contributed by atoms with van der Waals surface area (Å²) in [5, 5.41) is 8.77. The zero-order valence-electron chi connectivity index (χ0n) is 8.94. The Balaban J connectivity index is 2.07. The smallest absolute Gasteiger partial charge is 0.314 e. The van der Waals surface area contributed by atoms with Crippen molar-refractivity contribution in [2.45, 2.75) is 25.7 Å². The first-order valence-corrected chi connectivity index (χ1v) is 5.49. The summed E-state index contributed by atoms with van der Waals surface area (Å²) in [6.07, 6.45) is 4.91. The van der Waals surface area contributed by atoms with E-state index >= 15 is 0 Å². The summed E-state index contributed by atoms with van der Waals surface area (Å²) in [5.41, 5.74) is 0. The normalized spacial score (nSPS) is 22.5. The molecule has 1 fully saturated rings. The van der Waals surface area contributed by atoms with Gasteiger partial charge >= 0.3 is 6.03 Å². The Labute approximate surface area is 85.8 Å². The Morgan fingerprint density at radius 2 is 2.29 bits per heavy atom. The fourth-order valence-corrected chi connectivity index (χ4v) is 1.86. The lowest BCUT2D eigenvalue weighted by Crippen LogP contribution is -2.34. The highest BCUT2D eigenvalue weighted by molar-refractivity contribution is 5.73. The molecule has 0 saturated carbocycles. The molecule has 0 aromatic heterocycles. The van der Waals surface area contributed by atoms with Crippen LogP contribution >= 0.6 is 0 Å². The Hall–Kier alpha value is -0.770. The molecule has 1 rings (SSSR count). The number of amides is 2. The number of urea groups is 1. The SMILES string of the molecule is CNC(=O)NCCC1CCCNCC1. The van der Waals surface area contributed by atoms with E-state index in [1.165, 1.54) is 19.3 Å². The Morgan fingerprint density at radius 1 is 1.43 bits per heavy atom. The van der Waals surface area contributed by atoms with Crippen molar-refractivity contribution in [2.75, 3.05) is 26.7 Å². The number of nitrogens with one attached hydrogen (secondary N) is 3. The average Bonchev–Trinajstić information content (AvgIpc) is 2.46. The molecule has 1 heterocycles. The summed E-state index contributed by atoms with van der Waals surface area (Å²) >= 11 is 0. The van der Waals surface area contributed by atoms with Gasteiger partial charge in [0.15, 0.2) is 0 Å². The molecule has 0 aromatic rings. The highest BCUT2D eigenvalue weighted by Gasteiger charge is 2.11. The predicted molar refractivity (Wildman–Crippen MR) is 57.3 cm³/mol. The quantitative estimate of drug-likeness (QED) is 0.626. The number of rotatable bonds is 3. The van der Waals surface area contributed by atoms with E-state index in [4.69, 9.17) is 0 Å². The lowest BCUT2D eigenvalue weighted by Gasteiger charge is -2.13. The van der Waals surface area contributed by atoms with Crippen molar-refractivity contribution in [2.24, 2.45) is 5.92 Å². The summed E-state index contributed by atoms with van der Waals surface area (Å²) in [4.78, 5) is 10.9. The molecular weight excluding hydrogens is 178 g/mol. The van der Waals surface area contributed by atoms with E-state index < -0.39 is 0 Å². The monoisotopic (exact) mass is 199 g/mol. The summed E-state index contributed by atoms with van der Waals surface area (Å²) in [7, 11) is 1.64. The summed E-state index contributed by atoms with van der Waals surface area (Å²) < 4.78 is 0. The molecule has 1 saturated heterocycles. The van der Waals surface area contributed by atoms with Gasteiger partial charge in [-0.1, -0.05) is 0 Å². The van der Waals surface area contributed by atoms with Crippen LogP contribution in [-0.2, 0) is 0 Å². The number of hydrogen-bond donors (Lipinski definition) is 3. The van der Waals surface area contributed by atoms with Crippen LogP contribution in [0.2, 0.25) is 0 Å². The topological polar surface area (TPSA) is 53.2 Å². The van der Waals surface area contributed by atoms with E-state index in [9.17, 15) is 4.79 Å². The third kappa shape index (κ3) is 4.46. The molecule has 0 bridgehead atoms. The molecular formula is C10H21N3O. The van der Waals surface area contributed by atoms with Crippen LogP contribution in [0.25, 0.3) is 0 Å². The largest absolute Gasteiger partial charge is 0.341 e. The van der Waals surface area contributed by atoms with Crippen molar-refractivity contribution in [1.82, 2.24) is 16.0 Å². The molecule has 4 nitrogen and oxygen atoms in total. The van der Waals surface area contributed by atoms with Gasteiger partial charge in [-0.25, -0.2) is 4.79 Å². The number of hydrogen-bond acceptors (Lipinski definition) is 2. The molecule has 1 aliphatic heterocycles. The maximum atomic E-state index is 10.9. The van der Waals surface area contributed by atoms with Gasteiger partial charge in [0.1, 0.15) is 0 Å². The Kier molecular flexibility index (Phi) is 5.37. The second kappa shape index (κ2) is 6.65. The van der Waals surface area contributed by atoms with Crippen LogP contribution in [0.15, 0.2) is 0 Å². The fraction of sp³-hybridized carbons (Fsp3) is 0.900. The zero-order valence-corrected chi connectivity index (χ0v) is 8.94. The minimum absolute atomic E-state index is 0.0725. The van der Waals surface area contributed by atoms with Crippen LogP contribution in [0.1, 0.15) is 25.7 Å². The van der Waals surface area contributed by atoms with Gasteiger partial charge in [-0.05, 0) is 44.7 Å². The van der Waals surface area contributed by atoms with Gasteiger partial charge in [0, 0.05) is 13.6 Å². The van der Waals surface area contributed by atoms with Gasteiger partial charge in [-0.15, -0.1) is 0 Å². The van der Waals surface area contributed by atoms with Crippen molar-refractivity contribution < 1.29 is 4.79 Å². The zero-order chi connectivity index (χ0) is 10.2. The third-order valence-corrected chi connectivity index (χ3v) is 2.76. The van der Waals surface area contributed by atoms with E-state index in [1.807, 2.05) is 0 Å². The van der Waals surface area contributed by atoms with Crippen molar-refractivity contribution >= 4 is 6.03 Å². The molecule has 2 amide bonds. The van der Waals surface area contributed by atoms with E-state index in [0.717, 1.165) is 32.0 Å². The molecule has 82 valence electrons. The number of carbonyl (C=O) groups excluding carboxylic acids is 1. The van der Waals surface area contributed by atoms with Gasteiger partial charge in [0.25, 0.3) is 0 Å². The van der Waals surface area contributed by atoms with Gasteiger partial charge in [0.2, 0.25) is 0 Å². The molecule has 0 radical (unpaired) electrons. The van der Waals surface area contributed by atoms with Crippen LogP contribution in [0.4, 0.5) is 4.79 Å². The maximum Gasteiger partial charge on any atom is 0.314 e. The van der Waals surface area contributed by atoms with Crippen molar-refractivity contribution in [1.29, 1.82) is 0 Å².